The van der Waals surface area contributed by atoms with Gasteiger partial charge in [-0.05, 0) is 78.6 Å². The Hall–Kier alpha value is -2.86. The first-order valence-corrected chi connectivity index (χ1v) is 14.0. The van der Waals surface area contributed by atoms with E-state index in [1.807, 2.05) is 38.1 Å². The maximum absolute atomic E-state index is 11.9. The monoisotopic (exact) mass is 517 g/mol. The van der Waals surface area contributed by atoms with Gasteiger partial charge in [0, 0.05) is 38.9 Å². The van der Waals surface area contributed by atoms with Crippen LogP contribution in [0.2, 0.25) is 0 Å². The summed E-state index contributed by atoms with van der Waals surface area (Å²) in [5.74, 6) is 1.28. The number of hydrogen-bond donors (Lipinski definition) is 1. The van der Waals surface area contributed by atoms with Gasteiger partial charge in [0.15, 0.2) is 6.29 Å². The molecule has 204 valence electrons. The van der Waals surface area contributed by atoms with E-state index in [-0.39, 0.29) is 6.29 Å². The summed E-state index contributed by atoms with van der Waals surface area (Å²) in [5.41, 5.74) is 4.51. The molecule has 3 aromatic rings. The fourth-order valence-corrected chi connectivity index (χ4v) is 5.84. The van der Waals surface area contributed by atoms with Crippen LogP contribution in [0.4, 0.5) is 5.69 Å². The van der Waals surface area contributed by atoms with Crippen molar-refractivity contribution in [3.05, 3.63) is 95.1 Å². The quantitative estimate of drug-likeness (QED) is 0.337. The molecule has 0 saturated carbocycles. The van der Waals surface area contributed by atoms with E-state index in [0.29, 0.717) is 12.5 Å². The second-order valence-electron chi connectivity index (χ2n) is 10.0. The van der Waals surface area contributed by atoms with Crippen molar-refractivity contribution in [3.63, 3.8) is 0 Å². The number of nitrogens with zero attached hydrogens (tertiary/aromatic N) is 1. The van der Waals surface area contributed by atoms with Crippen LogP contribution in [0.15, 0.2) is 72.8 Å². The summed E-state index contributed by atoms with van der Waals surface area (Å²) in [6.07, 6.45) is 4.59. The van der Waals surface area contributed by atoms with Crippen molar-refractivity contribution in [2.75, 3.05) is 32.2 Å². The number of methoxy groups -OCH3 is 2. The molecule has 1 fully saturated rings. The molecule has 1 aliphatic carbocycles. The van der Waals surface area contributed by atoms with Crippen molar-refractivity contribution in [2.24, 2.45) is 5.92 Å². The van der Waals surface area contributed by atoms with Crippen LogP contribution in [0.25, 0.3) is 0 Å². The topological polar surface area (TPSA) is 51.2 Å². The van der Waals surface area contributed by atoms with Gasteiger partial charge >= 0.3 is 0 Å². The summed E-state index contributed by atoms with van der Waals surface area (Å²) in [6, 6.07) is 24.9. The standard InChI is InChI=1S/C31H37NO4.C2H6/c1-34-30(35-2)24-16-19-32(20-17-24)27-12-10-26(11-13-27)31(33)18-6-9-25-21-28(14-15-29(25)31)36-22-23-7-4-3-5-8-23;1-2/h3-5,7-8,10-15,21,24,30,33H,6,9,16-20,22H2,1-2H3;1-2H3. The Balaban J connectivity index is 0.00000164. The third-order valence-electron chi connectivity index (χ3n) is 7.85. The second-order valence-corrected chi connectivity index (χ2v) is 10.0. The third kappa shape index (κ3) is 6.23. The number of aryl methyl sites for hydroxylation is 1. The molecular weight excluding hydrogens is 474 g/mol. The molecule has 1 N–H and O–H groups in total. The molecule has 5 rings (SSSR count). The molecule has 38 heavy (non-hydrogen) atoms. The van der Waals surface area contributed by atoms with Gasteiger partial charge in [0.25, 0.3) is 0 Å². The van der Waals surface area contributed by atoms with Crippen LogP contribution >= 0.6 is 0 Å². The first-order chi connectivity index (χ1) is 18.6. The van der Waals surface area contributed by atoms with Crippen molar-refractivity contribution in [1.29, 1.82) is 0 Å². The van der Waals surface area contributed by atoms with Crippen LogP contribution in [0.3, 0.4) is 0 Å². The Morgan fingerprint density at radius 2 is 1.61 bits per heavy atom. The smallest absolute Gasteiger partial charge is 0.159 e. The molecule has 0 bridgehead atoms. The molecule has 1 heterocycles. The SMILES string of the molecule is CC.COC(OC)C1CCN(c2ccc(C3(O)CCCc4cc(OCc5ccccc5)ccc43)cc2)CC1. The number of piperidine rings is 1. The van der Waals surface area contributed by atoms with E-state index in [9.17, 15) is 5.11 Å². The molecule has 1 saturated heterocycles. The molecule has 1 aliphatic heterocycles. The number of anilines is 1. The lowest BCUT2D eigenvalue weighted by atomic mass is 9.75. The van der Waals surface area contributed by atoms with Crippen LogP contribution in [0.1, 0.15) is 61.8 Å². The van der Waals surface area contributed by atoms with E-state index >= 15 is 0 Å². The van der Waals surface area contributed by atoms with Gasteiger partial charge in [-0.2, -0.15) is 0 Å². The Bertz CT molecular complexity index is 1120. The molecule has 0 spiro atoms. The van der Waals surface area contributed by atoms with Crippen molar-refractivity contribution < 1.29 is 19.3 Å². The van der Waals surface area contributed by atoms with E-state index in [2.05, 4.69) is 53.4 Å². The summed E-state index contributed by atoms with van der Waals surface area (Å²) in [7, 11) is 3.43. The zero-order valence-electron chi connectivity index (χ0n) is 23.4. The van der Waals surface area contributed by atoms with E-state index in [0.717, 1.165) is 67.6 Å². The summed E-state index contributed by atoms with van der Waals surface area (Å²) in [4.78, 5) is 2.41. The predicted molar refractivity (Wildman–Crippen MR) is 154 cm³/mol. The van der Waals surface area contributed by atoms with Gasteiger partial charge in [-0.25, -0.2) is 0 Å². The number of benzene rings is 3. The predicted octanol–water partition coefficient (Wildman–Crippen LogP) is 6.70. The van der Waals surface area contributed by atoms with E-state index < -0.39 is 5.60 Å². The summed E-state index contributed by atoms with van der Waals surface area (Å²) in [6.45, 7) is 6.50. The highest BCUT2D eigenvalue weighted by Gasteiger charge is 2.36. The molecular formula is C33H43NO4. The average molecular weight is 518 g/mol. The molecule has 5 nitrogen and oxygen atoms in total. The van der Waals surface area contributed by atoms with Gasteiger partial charge in [-0.3, -0.25) is 0 Å². The number of hydrogen-bond acceptors (Lipinski definition) is 5. The van der Waals surface area contributed by atoms with Gasteiger partial charge < -0.3 is 24.2 Å². The first-order valence-electron chi connectivity index (χ1n) is 14.0. The zero-order chi connectivity index (χ0) is 27.0. The number of fused-ring (bicyclic) bond motifs is 1. The van der Waals surface area contributed by atoms with Crippen LogP contribution in [-0.4, -0.2) is 38.7 Å². The lowest BCUT2D eigenvalue weighted by Crippen LogP contribution is -2.39. The van der Waals surface area contributed by atoms with Crippen LogP contribution in [0, 0.1) is 5.92 Å². The maximum atomic E-state index is 11.9. The summed E-state index contributed by atoms with van der Waals surface area (Å²) in [5, 5.41) is 11.9. The molecule has 3 aromatic carbocycles. The molecule has 2 aliphatic rings. The fraction of sp³-hybridized carbons (Fsp3) is 0.455. The van der Waals surface area contributed by atoms with Crippen molar-refractivity contribution in [1.82, 2.24) is 0 Å². The molecule has 1 unspecified atom stereocenters. The maximum Gasteiger partial charge on any atom is 0.159 e. The summed E-state index contributed by atoms with van der Waals surface area (Å²) < 4.78 is 17.0. The van der Waals surface area contributed by atoms with Gasteiger partial charge in [-0.1, -0.05) is 62.4 Å². The average Bonchev–Trinajstić information content (AvgIpc) is 2.99. The molecule has 0 amide bonds. The Morgan fingerprint density at radius 3 is 2.26 bits per heavy atom. The molecule has 0 radical (unpaired) electrons. The van der Waals surface area contributed by atoms with Crippen molar-refractivity contribution in [2.45, 2.75) is 64.4 Å². The van der Waals surface area contributed by atoms with Crippen LogP contribution in [0.5, 0.6) is 5.75 Å². The number of ether oxygens (including phenoxy) is 3. The zero-order valence-corrected chi connectivity index (χ0v) is 23.4. The van der Waals surface area contributed by atoms with Gasteiger partial charge in [0.2, 0.25) is 0 Å². The highest BCUT2D eigenvalue weighted by atomic mass is 16.7. The third-order valence-corrected chi connectivity index (χ3v) is 7.85. The molecule has 0 aromatic heterocycles. The highest BCUT2D eigenvalue weighted by Crippen LogP contribution is 2.42. The van der Waals surface area contributed by atoms with E-state index in [1.165, 1.54) is 11.3 Å². The lowest BCUT2D eigenvalue weighted by Gasteiger charge is -2.37. The Kier molecular flexibility index (Phi) is 9.84. The lowest BCUT2D eigenvalue weighted by molar-refractivity contribution is -0.141. The summed E-state index contributed by atoms with van der Waals surface area (Å²) >= 11 is 0. The second kappa shape index (κ2) is 13.3. The highest BCUT2D eigenvalue weighted by molar-refractivity contribution is 5.52. The van der Waals surface area contributed by atoms with Crippen molar-refractivity contribution >= 4 is 5.69 Å². The van der Waals surface area contributed by atoms with E-state index in [4.69, 9.17) is 14.2 Å². The Labute approximate surface area is 228 Å². The fourth-order valence-electron chi connectivity index (χ4n) is 5.84. The largest absolute Gasteiger partial charge is 0.489 e. The minimum Gasteiger partial charge on any atom is -0.489 e. The van der Waals surface area contributed by atoms with Gasteiger partial charge in [0.1, 0.15) is 18.0 Å². The first kappa shape index (κ1) is 28.2. The molecule has 5 heteroatoms. The van der Waals surface area contributed by atoms with Crippen LogP contribution < -0.4 is 9.64 Å². The molecule has 1 atom stereocenters. The van der Waals surface area contributed by atoms with Crippen molar-refractivity contribution in [3.8, 4) is 5.75 Å². The van der Waals surface area contributed by atoms with Crippen LogP contribution in [-0.2, 0) is 28.1 Å². The number of rotatable bonds is 8. The number of aliphatic hydroxyl groups is 1. The minimum atomic E-state index is -0.971. The normalized spacial score (nSPS) is 19.5. The van der Waals surface area contributed by atoms with Gasteiger partial charge in [-0.15, -0.1) is 0 Å². The van der Waals surface area contributed by atoms with Gasteiger partial charge in [0.05, 0.1) is 0 Å². The minimum absolute atomic E-state index is 0.126. The Morgan fingerprint density at radius 1 is 0.921 bits per heavy atom. The van der Waals surface area contributed by atoms with E-state index in [1.54, 1.807) is 14.2 Å².